The van der Waals surface area contributed by atoms with E-state index in [2.05, 4.69) is 24.5 Å². The van der Waals surface area contributed by atoms with E-state index in [9.17, 15) is 9.59 Å². The van der Waals surface area contributed by atoms with Crippen molar-refractivity contribution in [2.75, 3.05) is 0 Å². The van der Waals surface area contributed by atoms with Crippen LogP contribution in [-0.2, 0) is 16.0 Å². The van der Waals surface area contributed by atoms with Gasteiger partial charge in [0.1, 0.15) is 0 Å². The Labute approximate surface area is 159 Å². The molecule has 0 aliphatic carbocycles. The van der Waals surface area contributed by atoms with E-state index in [-0.39, 0.29) is 24.8 Å². The number of rotatable bonds is 7. The summed E-state index contributed by atoms with van der Waals surface area (Å²) in [5.41, 5.74) is 7.38. The molecule has 5 heteroatoms. The molecule has 2 aromatic carbocycles. The summed E-state index contributed by atoms with van der Waals surface area (Å²) in [6.07, 6.45) is 3.53. The standard InChI is InChI=1S/C22H24N2O3/c1-2-16-11-13-18(14-12-16)20-15-19(17-7-4-3-5-8-17)23-24(20)21(25)9-6-10-22(26)27/h3-5,7-8,11-15,20,23H,2,6,9-10H2,1H3,(H,26,27)/t20-/m1/s1. The number of hydrazine groups is 1. The number of hydrogen-bond acceptors (Lipinski definition) is 3. The Balaban J connectivity index is 1.84. The Morgan fingerprint density at radius 2 is 1.74 bits per heavy atom. The number of carbonyl (C=O) groups excluding carboxylic acids is 1. The molecule has 1 aliphatic heterocycles. The highest BCUT2D eigenvalue weighted by Gasteiger charge is 2.30. The smallest absolute Gasteiger partial charge is 0.303 e. The number of carbonyl (C=O) groups is 2. The van der Waals surface area contributed by atoms with Gasteiger partial charge in [-0.05, 0) is 35.6 Å². The average Bonchev–Trinajstić information content (AvgIpc) is 3.14. The Morgan fingerprint density at radius 3 is 2.37 bits per heavy atom. The van der Waals surface area contributed by atoms with Crippen LogP contribution in [0.25, 0.3) is 5.70 Å². The lowest BCUT2D eigenvalue weighted by molar-refractivity contribution is -0.137. The van der Waals surface area contributed by atoms with E-state index >= 15 is 0 Å². The van der Waals surface area contributed by atoms with Crippen LogP contribution in [0.4, 0.5) is 0 Å². The number of amides is 1. The zero-order valence-electron chi connectivity index (χ0n) is 15.4. The largest absolute Gasteiger partial charge is 0.481 e. The maximum Gasteiger partial charge on any atom is 0.303 e. The van der Waals surface area contributed by atoms with E-state index in [4.69, 9.17) is 5.11 Å². The maximum absolute atomic E-state index is 12.7. The first kappa shape index (κ1) is 18.7. The van der Waals surface area contributed by atoms with Crippen LogP contribution in [0.2, 0.25) is 0 Å². The van der Waals surface area contributed by atoms with E-state index in [1.165, 1.54) is 5.56 Å². The zero-order valence-corrected chi connectivity index (χ0v) is 15.4. The monoisotopic (exact) mass is 364 g/mol. The lowest BCUT2D eigenvalue weighted by Crippen LogP contribution is -2.39. The predicted molar refractivity (Wildman–Crippen MR) is 104 cm³/mol. The summed E-state index contributed by atoms with van der Waals surface area (Å²) >= 11 is 0. The molecule has 0 saturated heterocycles. The van der Waals surface area contributed by atoms with Crippen LogP contribution in [0.1, 0.15) is 48.9 Å². The van der Waals surface area contributed by atoms with Gasteiger partial charge in [-0.25, -0.2) is 5.01 Å². The average molecular weight is 364 g/mol. The summed E-state index contributed by atoms with van der Waals surface area (Å²) in [5, 5.41) is 10.4. The number of carboxylic acids is 1. The van der Waals surface area contributed by atoms with Crippen molar-refractivity contribution in [3.63, 3.8) is 0 Å². The van der Waals surface area contributed by atoms with Gasteiger partial charge < -0.3 is 5.11 Å². The van der Waals surface area contributed by atoms with Crippen molar-refractivity contribution >= 4 is 17.6 Å². The first-order valence-corrected chi connectivity index (χ1v) is 9.25. The summed E-state index contributed by atoms with van der Waals surface area (Å²) < 4.78 is 0. The minimum atomic E-state index is -0.882. The van der Waals surface area contributed by atoms with Crippen molar-refractivity contribution in [2.24, 2.45) is 0 Å². The third kappa shape index (κ3) is 4.56. The van der Waals surface area contributed by atoms with E-state index in [1.807, 2.05) is 48.5 Å². The first-order valence-electron chi connectivity index (χ1n) is 9.25. The molecule has 2 aromatic rings. The van der Waals surface area contributed by atoms with Crippen molar-refractivity contribution in [3.05, 3.63) is 77.4 Å². The summed E-state index contributed by atoms with van der Waals surface area (Å²) in [6.45, 7) is 2.11. The topological polar surface area (TPSA) is 69.6 Å². The highest BCUT2D eigenvalue weighted by Crippen LogP contribution is 2.32. The second-order valence-electron chi connectivity index (χ2n) is 6.61. The molecule has 3 rings (SSSR count). The van der Waals surface area contributed by atoms with Gasteiger partial charge in [-0.15, -0.1) is 0 Å². The zero-order chi connectivity index (χ0) is 19.2. The Hall–Kier alpha value is -3.08. The quantitative estimate of drug-likeness (QED) is 0.781. The van der Waals surface area contributed by atoms with Gasteiger partial charge in [-0.1, -0.05) is 61.5 Å². The molecule has 140 valence electrons. The van der Waals surface area contributed by atoms with Crippen molar-refractivity contribution in [3.8, 4) is 0 Å². The lowest BCUT2D eigenvalue weighted by atomic mass is 10.0. The van der Waals surface area contributed by atoms with Crippen molar-refractivity contribution in [2.45, 2.75) is 38.6 Å². The molecular weight excluding hydrogens is 340 g/mol. The molecule has 0 saturated carbocycles. The van der Waals surface area contributed by atoms with E-state index in [1.54, 1.807) is 5.01 Å². The highest BCUT2D eigenvalue weighted by atomic mass is 16.4. The van der Waals surface area contributed by atoms with Gasteiger partial charge in [0.2, 0.25) is 5.91 Å². The van der Waals surface area contributed by atoms with E-state index in [0.717, 1.165) is 23.2 Å². The SMILES string of the molecule is CCc1ccc([C@H]2C=C(c3ccccc3)NN2C(=O)CCCC(=O)O)cc1. The molecule has 1 aliphatic rings. The molecule has 0 bridgehead atoms. The normalized spacial score (nSPS) is 16.0. The van der Waals surface area contributed by atoms with Crippen LogP contribution in [0.3, 0.4) is 0 Å². The number of hydrogen-bond donors (Lipinski definition) is 2. The fourth-order valence-corrected chi connectivity index (χ4v) is 3.17. The molecule has 2 N–H and O–H groups in total. The van der Waals surface area contributed by atoms with Gasteiger partial charge in [0, 0.05) is 12.8 Å². The summed E-state index contributed by atoms with van der Waals surface area (Å²) in [7, 11) is 0. The molecule has 0 radical (unpaired) electrons. The Morgan fingerprint density at radius 1 is 1.04 bits per heavy atom. The van der Waals surface area contributed by atoms with Gasteiger partial charge in [0.15, 0.2) is 0 Å². The number of aryl methyl sites for hydroxylation is 1. The van der Waals surface area contributed by atoms with Crippen LogP contribution in [-0.4, -0.2) is 22.0 Å². The lowest BCUT2D eigenvalue weighted by Gasteiger charge is -2.25. The molecule has 0 unspecified atom stereocenters. The van der Waals surface area contributed by atoms with Crippen LogP contribution in [0.15, 0.2) is 60.7 Å². The van der Waals surface area contributed by atoms with Crippen LogP contribution < -0.4 is 5.43 Å². The number of nitrogens with zero attached hydrogens (tertiary/aromatic N) is 1. The van der Waals surface area contributed by atoms with Crippen LogP contribution in [0.5, 0.6) is 0 Å². The summed E-state index contributed by atoms with van der Waals surface area (Å²) in [4.78, 5) is 23.5. The molecule has 0 aromatic heterocycles. The van der Waals surface area contributed by atoms with Crippen molar-refractivity contribution < 1.29 is 14.7 Å². The molecule has 27 heavy (non-hydrogen) atoms. The van der Waals surface area contributed by atoms with Gasteiger partial charge >= 0.3 is 5.97 Å². The van der Waals surface area contributed by atoms with Crippen molar-refractivity contribution in [1.82, 2.24) is 10.4 Å². The van der Waals surface area contributed by atoms with E-state index < -0.39 is 5.97 Å². The van der Waals surface area contributed by atoms with Gasteiger partial charge in [-0.2, -0.15) is 0 Å². The Bertz CT molecular complexity index is 828. The molecule has 1 atom stereocenters. The number of nitrogens with one attached hydrogen (secondary N) is 1. The fourth-order valence-electron chi connectivity index (χ4n) is 3.17. The Kier molecular flexibility index (Phi) is 5.91. The van der Waals surface area contributed by atoms with Crippen molar-refractivity contribution in [1.29, 1.82) is 0 Å². The summed E-state index contributed by atoms with van der Waals surface area (Å²) in [5.74, 6) is -0.991. The fraction of sp³-hybridized carbons (Fsp3) is 0.273. The number of aliphatic carboxylic acids is 1. The highest BCUT2D eigenvalue weighted by molar-refractivity contribution is 5.81. The molecule has 1 amide bonds. The third-order valence-corrected chi connectivity index (χ3v) is 4.71. The van der Waals surface area contributed by atoms with Gasteiger partial charge in [0.05, 0.1) is 11.7 Å². The summed E-state index contributed by atoms with van der Waals surface area (Å²) in [6, 6.07) is 17.9. The predicted octanol–water partition coefficient (Wildman–Crippen LogP) is 3.93. The molecule has 1 heterocycles. The minimum Gasteiger partial charge on any atom is -0.481 e. The molecular formula is C22H24N2O3. The third-order valence-electron chi connectivity index (χ3n) is 4.71. The first-order chi connectivity index (χ1) is 13.1. The van der Waals surface area contributed by atoms with Crippen LogP contribution in [0, 0.1) is 0 Å². The van der Waals surface area contributed by atoms with E-state index in [0.29, 0.717) is 6.42 Å². The number of benzene rings is 2. The molecule has 0 fully saturated rings. The second kappa shape index (κ2) is 8.54. The number of carboxylic acid groups (broad SMARTS) is 1. The molecule has 5 nitrogen and oxygen atoms in total. The van der Waals surface area contributed by atoms with Gasteiger partial charge in [-0.3, -0.25) is 15.0 Å². The minimum absolute atomic E-state index is 0.00554. The van der Waals surface area contributed by atoms with Crippen LogP contribution >= 0.6 is 0 Å². The second-order valence-corrected chi connectivity index (χ2v) is 6.61. The maximum atomic E-state index is 12.7. The molecule has 0 spiro atoms. The van der Waals surface area contributed by atoms with Gasteiger partial charge in [0.25, 0.3) is 0 Å².